The van der Waals surface area contributed by atoms with Crippen LogP contribution in [0.15, 0.2) is 17.5 Å². The van der Waals surface area contributed by atoms with E-state index in [2.05, 4.69) is 43.6 Å². The highest BCUT2D eigenvalue weighted by Gasteiger charge is 2.23. The van der Waals surface area contributed by atoms with Gasteiger partial charge in [0.15, 0.2) is 0 Å². The third kappa shape index (κ3) is 3.83. The summed E-state index contributed by atoms with van der Waals surface area (Å²) < 4.78 is 0. The molecule has 1 N–H and O–H groups in total. The molecule has 0 amide bonds. The highest BCUT2D eigenvalue weighted by molar-refractivity contribution is 7.10. The van der Waals surface area contributed by atoms with Gasteiger partial charge in [-0.15, -0.1) is 11.3 Å². The molecule has 1 aromatic rings. The molecule has 2 rings (SSSR count). The van der Waals surface area contributed by atoms with Crippen LogP contribution < -0.4 is 5.32 Å². The van der Waals surface area contributed by atoms with Crippen LogP contribution in [0.4, 0.5) is 0 Å². The molecule has 0 aromatic carbocycles. The summed E-state index contributed by atoms with van der Waals surface area (Å²) in [6, 6.07) is 4.42. The van der Waals surface area contributed by atoms with Gasteiger partial charge in [0.05, 0.1) is 0 Å². The summed E-state index contributed by atoms with van der Waals surface area (Å²) in [7, 11) is 0. The van der Waals surface area contributed by atoms with E-state index in [-0.39, 0.29) is 5.41 Å². The van der Waals surface area contributed by atoms with Gasteiger partial charge in [-0.05, 0) is 42.7 Å². The Kier molecular flexibility index (Phi) is 4.85. The van der Waals surface area contributed by atoms with Crippen LogP contribution in [0.3, 0.4) is 0 Å². The van der Waals surface area contributed by atoms with Gasteiger partial charge in [0, 0.05) is 16.8 Å². The van der Waals surface area contributed by atoms with Crippen molar-refractivity contribution < 1.29 is 0 Å². The molecule has 0 atom stereocenters. The molecule has 0 saturated heterocycles. The van der Waals surface area contributed by atoms with Crippen molar-refractivity contribution >= 4 is 11.3 Å². The fraction of sp³-hybridized carbons (Fsp3) is 0.750. The Hall–Kier alpha value is -0.340. The molecule has 2 heteroatoms. The Labute approximate surface area is 116 Å². The lowest BCUT2D eigenvalue weighted by atomic mass is 9.83. The van der Waals surface area contributed by atoms with Crippen molar-refractivity contribution in [1.29, 1.82) is 0 Å². The van der Waals surface area contributed by atoms with Gasteiger partial charge in [-0.3, -0.25) is 0 Å². The lowest BCUT2D eigenvalue weighted by molar-refractivity contribution is 0.277. The average molecular weight is 265 g/mol. The van der Waals surface area contributed by atoms with E-state index < -0.39 is 0 Å². The van der Waals surface area contributed by atoms with E-state index in [4.69, 9.17) is 0 Å². The molecule has 1 heterocycles. The second kappa shape index (κ2) is 6.21. The predicted molar refractivity (Wildman–Crippen MR) is 81.3 cm³/mol. The fourth-order valence-electron chi connectivity index (χ4n) is 2.87. The molecule has 0 radical (unpaired) electrons. The van der Waals surface area contributed by atoms with E-state index in [0.29, 0.717) is 0 Å². The SMILES string of the molecule is CC1CCC(CNCC(C)(C)c2cccs2)CC1. The van der Waals surface area contributed by atoms with Gasteiger partial charge < -0.3 is 5.32 Å². The van der Waals surface area contributed by atoms with Gasteiger partial charge in [-0.2, -0.15) is 0 Å². The minimum Gasteiger partial charge on any atom is -0.316 e. The summed E-state index contributed by atoms with van der Waals surface area (Å²) in [5.41, 5.74) is 0.274. The highest BCUT2D eigenvalue weighted by atomic mass is 32.1. The Morgan fingerprint density at radius 1 is 1.28 bits per heavy atom. The quantitative estimate of drug-likeness (QED) is 0.830. The summed E-state index contributed by atoms with van der Waals surface area (Å²) in [5, 5.41) is 5.89. The predicted octanol–water partition coefficient (Wildman–Crippen LogP) is 4.44. The minimum absolute atomic E-state index is 0.274. The largest absolute Gasteiger partial charge is 0.316 e. The second-order valence-electron chi connectivity index (χ2n) is 6.62. The molecule has 1 fully saturated rings. The second-order valence-corrected chi connectivity index (χ2v) is 7.57. The highest BCUT2D eigenvalue weighted by Crippen LogP contribution is 2.29. The van der Waals surface area contributed by atoms with Crippen LogP contribution >= 0.6 is 11.3 Å². The van der Waals surface area contributed by atoms with Crippen LogP contribution in [0.2, 0.25) is 0 Å². The lowest BCUT2D eigenvalue weighted by Crippen LogP contribution is -2.35. The minimum atomic E-state index is 0.274. The summed E-state index contributed by atoms with van der Waals surface area (Å²) in [6.07, 6.45) is 5.71. The Morgan fingerprint density at radius 2 is 2.00 bits per heavy atom. The first kappa shape index (κ1) is 14.1. The molecule has 0 aliphatic heterocycles. The van der Waals surface area contributed by atoms with Gasteiger partial charge in [0.25, 0.3) is 0 Å². The van der Waals surface area contributed by atoms with Crippen molar-refractivity contribution in [2.24, 2.45) is 11.8 Å². The number of hydrogen-bond donors (Lipinski definition) is 1. The van der Waals surface area contributed by atoms with E-state index in [1.54, 1.807) is 0 Å². The van der Waals surface area contributed by atoms with Crippen molar-refractivity contribution in [3.63, 3.8) is 0 Å². The molecular weight excluding hydrogens is 238 g/mol. The standard InChI is InChI=1S/C16H27NS/c1-13-6-8-14(9-7-13)11-17-12-16(2,3)15-5-4-10-18-15/h4-5,10,13-14,17H,6-9,11-12H2,1-3H3. The normalized spacial score (nSPS) is 25.3. The van der Waals surface area contributed by atoms with Crippen molar-refractivity contribution in [3.8, 4) is 0 Å². The molecule has 1 nitrogen and oxygen atoms in total. The molecule has 0 spiro atoms. The molecule has 0 bridgehead atoms. The van der Waals surface area contributed by atoms with E-state index in [1.807, 2.05) is 11.3 Å². The van der Waals surface area contributed by atoms with Crippen LogP contribution in [-0.2, 0) is 5.41 Å². The van der Waals surface area contributed by atoms with E-state index >= 15 is 0 Å². The first-order chi connectivity index (χ1) is 8.58. The molecule has 102 valence electrons. The average Bonchev–Trinajstić information content (AvgIpc) is 2.86. The van der Waals surface area contributed by atoms with Crippen LogP contribution in [0, 0.1) is 11.8 Å². The molecule has 1 saturated carbocycles. The first-order valence-corrected chi connectivity index (χ1v) is 8.20. The maximum absolute atomic E-state index is 3.71. The Bertz CT molecular complexity index is 334. The number of hydrogen-bond acceptors (Lipinski definition) is 2. The molecule has 1 aliphatic rings. The topological polar surface area (TPSA) is 12.0 Å². The fourth-order valence-corrected chi connectivity index (χ4v) is 3.72. The number of rotatable bonds is 5. The Balaban J connectivity index is 1.72. The molecule has 0 unspecified atom stereocenters. The lowest BCUT2D eigenvalue weighted by Gasteiger charge is -2.29. The third-order valence-electron chi connectivity index (χ3n) is 4.32. The monoisotopic (exact) mass is 265 g/mol. The summed E-state index contributed by atoms with van der Waals surface area (Å²) in [6.45, 7) is 9.38. The van der Waals surface area contributed by atoms with Gasteiger partial charge >= 0.3 is 0 Å². The molecule has 1 aliphatic carbocycles. The summed E-state index contributed by atoms with van der Waals surface area (Å²) >= 11 is 1.88. The van der Waals surface area contributed by atoms with Crippen molar-refractivity contribution in [2.75, 3.05) is 13.1 Å². The van der Waals surface area contributed by atoms with Crippen LogP contribution in [0.1, 0.15) is 51.3 Å². The van der Waals surface area contributed by atoms with Gasteiger partial charge in [-0.25, -0.2) is 0 Å². The Morgan fingerprint density at radius 3 is 2.61 bits per heavy atom. The third-order valence-corrected chi connectivity index (χ3v) is 5.56. The maximum atomic E-state index is 3.71. The zero-order valence-electron chi connectivity index (χ0n) is 12.0. The zero-order valence-corrected chi connectivity index (χ0v) is 12.9. The maximum Gasteiger partial charge on any atom is 0.0115 e. The summed E-state index contributed by atoms with van der Waals surface area (Å²) in [4.78, 5) is 1.49. The first-order valence-electron chi connectivity index (χ1n) is 7.32. The number of thiophene rings is 1. The molecular formula is C16H27NS. The van der Waals surface area contributed by atoms with E-state index in [0.717, 1.165) is 18.4 Å². The molecule has 1 aromatic heterocycles. The van der Waals surface area contributed by atoms with Gasteiger partial charge in [0.2, 0.25) is 0 Å². The molecule has 18 heavy (non-hydrogen) atoms. The zero-order chi connectivity index (χ0) is 13.0. The summed E-state index contributed by atoms with van der Waals surface area (Å²) in [5.74, 6) is 1.88. The van der Waals surface area contributed by atoms with Crippen molar-refractivity contribution in [1.82, 2.24) is 5.32 Å². The van der Waals surface area contributed by atoms with Crippen molar-refractivity contribution in [3.05, 3.63) is 22.4 Å². The van der Waals surface area contributed by atoms with Crippen LogP contribution in [0.25, 0.3) is 0 Å². The van der Waals surface area contributed by atoms with Gasteiger partial charge in [0.1, 0.15) is 0 Å². The number of nitrogens with one attached hydrogen (secondary N) is 1. The van der Waals surface area contributed by atoms with Gasteiger partial charge in [-0.1, -0.05) is 39.7 Å². The van der Waals surface area contributed by atoms with Crippen LogP contribution in [0.5, 0.6) is 0 Å². The van der Waals surface area contributed by atoms with Crippen molar-refractivity contribution in [2.45, 2.75) is 51.9 Å². The van der Waals surface area contributed by atoms with Crippen LogP contribution in [-0.4, -0.2) is 13.1 Å². The van der Waals surface area contributed by atoms with E-state index in [9.17, 15) is 0 Å². The smallest absolute Gasteiger partial charge is 0.0115 e. The van der Waals surface area contributed by atoms with E-state index in [1.165, 1.54) is 37.1 Å².